The number of carbonyl (C=O) groups is 3. The van der Waals surface area contributed by atoms with Gasteiger partial charge in [-0.1, -0.05) is 13.3 Å². The maximum atomic E-state index is 12.1. The van der Waals surface area contributed by atoms with E-state index in [1.54, 1.807) is 6.92 Å². The Morgan fingerprint density at radius 1 is 1.53 bits per heavy atom. The fourth-order valence-corrected chi connectivity index (χ4v) is 2.27. The highest BCUT2D eigenvalue weighted by Gasteiger charge is 2.37. The van der Waals surface area contributed by atoms with Gasteiger partial charge in [-0.25, -0.2) is 4.79 Å². The second-order valence-electron chi connectivity index (χ2n) is 5.10. The highest BCUT2D eigenvalue weighted by Crippen LogP contribution is 2.17. The fraction of sp³-hybridized carbons (Fsp3) is 0.769. The molecule has 0 radical (unpaired) electrons. The number of esters is 1. The average Bonchev–Trinajstić information content (AvgIpc) is 2.38. The van der Waals surface area contributed by atoms with Gasteiger partial charge < -0.3 is 15.4 Å². The zero-order valence-electron chi connectivity index (χ0n) is 11.7. The van der Waals surface area contributed by atoms with E-state index in [0.29, 0.717) is 25.8 Å². The topological polar surface area (TPSA) is 84.5 Å². The summed E-state index contributed by atoms with van der Waals surface area (Å²) < 4.78 is 4.75. The number of nitrogens with one attached hydrogen (secondary N) is 2. The summed E-state index contributed by atoms with van der Waals surface area (Å²) in [7, 11) is 1.31. The van der Waals surface area contributed by atoms with E-state index in [1.807, 2.05) is 6.92 Å². The third-order valence-corrected chi connectivity index (χ3v) is 3.42. The van der Waals surface area contributed by atoms with E-state index >= 15 is 0 Å². The number of carbonyl (C=O) groups excluding carboxylic acids is 3. The molecule has 0 aromatic heterocycles. The minimum Gasteiger partial charge on any atom is -0.467 e. The summed E-state index contributed by atoms with van der Waals surface area (Å²) >= 11 is 0. The summed E-state index contributed by atoms with van der Waals surface area (Å²) in [5.74, 6) is -0.962. The number of amides is 2. The van der Waals surface area contributed by atoms with Crippen LogP contribution in [0.1, 0.15) is 39.5 Å². The molecule has 1 fully saturated rings. The van der Waals surface area contributed by atoms with Crippen molar-refractivity contribution in [1.82, 2.24) is 10.6 Å². The molecule has 2 amide bonds. The molecular weight excluding hydrogens is 248 g/mol. The number of hydrogen-bond donors (Lipinski definition) is 2. The van der Waals surface area contributed by atoms with Crippen molar-refractivity contribution in [3.63, 3.8) is 0 Å². The second-order valence-corrected chi connectivity index (χ2v) is 5.10. The highest BCUT2D eigenvalue weighted by molar-refractivity contribution is 5.90. The van der Waals surface area contributed by atoms with Gasteiger partial charge in [0.1, 0.15) is 5.54 Å². The third-order valence-electron chi connectivity index (χ3n) is 3.42. The first-order valence-electron chi connectivity index (χ1n) is 6.60. The maximum absolute atomic E-state index is 12.1. The molecule has 0 aromatic carbocycles. The van der Waals surface area contributed by atoms with Gasteiger partial charge in [-0.15, -0.1) is 0 Å². The molecule has 1 saturated heterocycles. The molecular formula is C13H22N2O4. The molecule has 108 valence electrons. The molecule has 2 unspecified atom stereocenters. The first-order chi connectivity index (χ1) is 8.92. The molecule has 1 heterocycles. The van der Waals surface area contributed by atoms with Crippen LogP contribution in [-0.2, 0) is 19.1 Å². The molecule has 0 spiro atoms. The lowest BCUT2D eigenvalue weighted by Crippen LogP contribution is -2.56. The van der Waals surface area contributed by atoms with E-state index in [4.69, 9.17) is 4.74 Å². The van der Waals surface area contributed by atoms with Crippen molar-refractivity contribution in [2.45, 2.75) is 45.1 Å². The molecule has 0 saturated carbocycles. The van der Waals surface area contributed by atoms with Crippen LogP contribution in [0, 0.1) is 5.92 Å². The van der Waals surface area contributed by atoms with Crippen molar-refractivity contribution in [2.24, 2.45) is 5.92 Å². The number of piperidine rings is 1. The van der Waals surface area contributed by atoms with Crippen LogP contribution >= 0.6 is 0 Å². The van der Waals surface area contributed by atoms with Crippen LogP contribution in [0.3, 0.4) is 0 Å². The van der Waals surface area contributed by atoms with Crippen molar-refractivity contribution in [1.29, 1.82) is 0 Å². The Kier molecular flexibility index (Phi) is 5.32. The van der Waals surface area contributed by atoms with Gasteiger partial charge >= 0.3 is 5.97 Å². The van der Waals surface area contributed by atoms with Gasteiger partial charge in [0.2, 0.25) is 11.8 Å². The third kappa shape index (κ3) is 3.94. The Morgan fingerprint density at radius 3 is 2.68 bits per heavy atom. The molecule has 1 aliphatic rings. The van der Waals surface area contributed by atoms with Crippen molar-refractivity contribution < 1.29 is 19.1 Å². The number of methoxy groups -OCH3 is 1. The molecule has 0 aromatic rings. The smallest absolute Gasteiger partial charge is 0.331 e. The number of hydrogen-bond acceptors (Lipinski definition) is 4. The summed E-state index contributed by atoms with van der Waals surface area (Å²) in [6.45, 7) is 3.93. The van der Waals surface area contributed by atoms with E-state index in [2.05, 4.69) is 10.6 Å². The van der Waals surface area contributed by atoms with Crippen LogP contribution < -0.4 is 10.6 Å². The van der Waals surface area contributed by atoms with Gasteiger partial charge in [0, 0.05) is 13.0 Å². The SMILES string of the molecule is CCCC(C)(NC(=O)C1CCC(=O)NC1)C(=O)OC. The van der Waals surface area contributed by atoms with Crippen molar-refractivity contribution in [2.75, 3.05) is 13.7 Å². The molecule has 2 N–H and O–H groups in total. The van der Waals surface area contributed by atoms with Crippen LogP contribution in [0.5, 0.6) is 0 Å². The summed E-state index contributed by atoms with van der Waals surface area (Å²) in [6, 6.07) is 0. The molecule has 1 aliphatic heterocycles. The first kappa shape index (κ1) is 15.5. The Balaban J connectivity index is 2.66. The second kappa shape index (κ2) is 6.54. The van der Waals surface area contributed by atoms with Gasteiger partial charge in [-0.2, -0.15) is 0 Å². The van der Waals surface area contributed by atoms with Crippen molar-refractivity contribution in [3.8, 4) is 0 Å². The van der Waals surface area contributed by atoms with E-state index in [-0.39, 0.29) is 17.7 Å². The van der Waals surface area contributed by atoms with E-state index in [9.17, 15) is 14.4 Å². The predicted octanol–water partition coefficient (Wildman–Crippen LogP) is 0.361. The predicted molar refractivity (Wildman–Crippen MR) is 69.2 cm³/mol. The van der Waals surface area contributed by atoms with Gasteiger partial charge in [0.05, 0.1) is 13.0 Å². The largest absolute Gasteiger partial charge is 0.467 e. The fourth-order valence-electron chi connectivity index (χ4n) is 2.27. The van der Waals surface area contributed by atoms with Crippen LogP contribution in [0.4, 0.5) is 0 Å². The minimum absolute atomic E-state index is 0.0339. The van der Waals surface area contributed by atoms with Crippen LogP contribution in [-0.4, -0.2) is 37.0 Å². The van der Waals surface area contributed by atoms with Crippen molar-refractivity contribution >= 4 is 17.8 Å². The van der Waals surface area contributed by atoms with E-state index in [0.717, 1.165) is 6.42 Å². The summed E-state index contributed by atoms with van der Waals surface area (Å²) in [5.41, 5.74) is -0.998. The maximum Gasteiger partial charge on any atom is 0.331 e. The zero-order valence-corrected chi connectivity index (χ0v) is 11.7. The highest BCUT2D eigenvalue weighted by atomic mass is 16.5. The Bertz CT molecular complexity index is 360. The number of ether oxygens (including phenoxy) is 1. The molecule has 0 aliphatic carbocycles. The first-order valence-corrected chi connectivity index (χ1v) is 6.60. The Hall–Kier alpha value is -1.59. The standard InChI is InChI=1S/C13H22N2O4/c1-4-7-13(2,12(18)19-3)15-11(17)9-5-6-10(16)14-8-9/h9H,4-8H2,1-3H3,(H,14,16)(H,15,17). The van der Waals surface area contributed by atoms with Gasteiger partial charge in [-0.3, -0.25) is 9.59 Å². The van der Waals surface area contributed by atoms with E-state index < -0.39 is 11.5 Å². The van der Waals surface area contributed by atoms with Gasteiger partial charge in [0.25, 0.3) is 0 Å². The summed E-state index contributed by atoms with van der Waals surface area (Å²) in [5, 5.41) is 5.42. The molecule has 6 nitrogen and oxygen atoms in total. The molecule has 1 rings (SSSR count). The monoisotopic (exact) mass is 270 g/mol. The summed E-state index contributed by atoms with van der Waals surface area (Å²) in [6.07, 6.45) is 2.14. The van der Waals surface area contributed by atoms with E-state index in [1.165, 1.54) is 7.11 Å². The zero-order chi connectivity index (χ0) is 14.5. The molecule has 19 heavy (non-hydrogen) atoms. The van der Waals surface area contributed by atoms with Crippen LogP contribution in [0.2, 0.25) is 0 Å². The number of rotatable bonds is 5. The van der Waals surface area contributed by atoms with Gasteiger partial charge in [0.15, 0.2) is 0 Å². The molecule has 2 atom stereocenters. The Morgan fingerprint density at radius 2 is 2.21 bits per heavy atom. The van der Waals surface area contributed by atoms with Gasteiger partial charge in [-0.05, 0) is 19.8 Å². The minimum atomic E-state index is -0.998. The Labute approximate surface area is 113 Å². The average molecular weight is 270 g/mol. The lowest BCUT2D eigenvalue weighted by Gasteiger charge is -2.30. The lowest BCUT2D eigenvalue weighted by atomic mass is 9.92. The van der Waals surface area contributed by atoms with Crippen LogP contribution in [0.25, 0.3) is 0 Å². The molecule has 6 heteroatoms. The molecule has 0 bridgehead atoms. The normalized spacial score (nSPS) is 22.1. The van der Waals surface area contributed by atoms with Crippen LogP contribution in [0.15, 0.2) is 0 Å². The summed E-state index contributed by atoms with van der Waals surface area (Å²) in [4.78, 5) is 35.0. The lowest BCUT2D eigenvalue weighted by molar-refractivity contribution is -0.151. The van der Waals surface area contributed by atoms with Crippen molar-refractivity contribution in [3.05, 3.63) is 0 Å². The quantitative estimate of drug-likeness (QED) is 0.706.